The summed E-state index contributed by atoms with van der Waals surface area (Å²) in [6.07, 6.45) is -0.478. The summed E-state index contributed by atoms with van der Waals surface area (Å²) in [6, 6.07) is 16.1. The normalized spacial score (nSPS) is 29.7. The predicted octanol–water partition coefficient (Wildman–Crippen LogP) is 5.91. The summed E-state index contributed by atoms with van der Waals surface area (Å²) in [6.45, 7) is 3.41. The number of rotatable bonds is 1. The molecule has 0 amide bonds. The second-order valence-corrected chi connectivity index (χ2v) is 9.26. The number of alkyl halides is 3. The number of esters is 1. The molecule has 0 fully saturated rings. The number of carbonyl (C=O) groups excluding carboxylic acids is 1. The lowest BCUT2D eigenvalue weighted by atomic mass is 9.62. The Kier molecular flexibility index (Phi) is 3.88. The van der Waals surface area contributed by atoms with Gasteiger partial charge in [0.15, 0.2) is 3.79 Å². The van der Waals surface area contributed by atoms with E-state index in [0.29, 0.717) is 0 Å². The number of hydrogen-bond donors (Lipinski definition) is 0. The molecule has 0 radical (unpaired) electrons. The highest BCUT2D eigenvalue weighted by Gasteiger charge is 2.66. The smallest absolute Gasteiger partial charge is 0.303 e. The van der Waals surface area contributed by atoms with Crippen molar-refractivity contribution in [1.82, 2.24) is 0 Å². The molecule has 2 nitrogen and oxygen atoms in total. The van der Waals surface area contributed by atoms with E-state index in [1.54, 1.807) is 0 Å². The van der Waals surface area contributed by atoms with E-state index in [4.69, 9.17) is 39.5 Å². The van der Waals surface area contributed by atoms with Gasteiger partial charge in [0.2, 0.25) is 0 Å². The molecule has 0 aromatic heterocycles. The Morgan fingerprint density at radius 1 is 0.960 bits per heavy atom. The molecule has 2 aromatic carbocycles. The average Bonchev–Trinajstić information content (AvgIpc) is 2.74. The van der Waals surface area contributed by atoms with E-state index in [0.717, 1.165) is 22.3 Å². The third kappa shape index (κ3) is 2.27. The van der Waals surface area contributed by atoms with E-state index < -0.39 is 15.3 Å². The Morgan fingerprint density at radius 2 is 1.44 bits per heavy atom. The van der Waals surface area contributed by atoms with Gasteiger partial charge in [0.25, 0.3) is 0 Å². The molecule has 4 rings (SSSR count). The monoisotopic (exact) mass is 394 g/mol. The van der Waals surface area contributed by atoms with Gasteiger partial charge in [0, 0.05) is 24.2 Å². The van der Waals surface area contributed by atoms with Crippen molar-refractivity contribution in [3.8, 4) is 0 Å². The molecule has 2 aliphatic carbocycles. The number of benzene rings is 2. The first-order chi connectivity index (χ1) is 11.8. The standard InChI is InChI=1S/C20H17Cl3O2/c1-11(24)25-18-15-10-6-5-9-14(15)16-12-7-3-4-8-13(12)17(18)19(16,2)20(21,22)23/h3-10,16-18H,1-2H3/t16-,17-,18+,19-/m0/s1. The van der Waals surface area contributed by atoms with Crippen LogP contribution < -0.4 is 0 Å². The van der Waals surface area contributed by atoms with Crippen molar-refractivity contribution < 1.29 is 9.53 Å². The van der Waals surface area contributed by atoms with Gasteiger partial charge in [-0.3, -0.25) is 4.79 Å². The first-order valence-electron chi connectivity index (χ1n) is 8.18. The zero-order valence-corrected chi connectivity index (χ0v) is 16.1. The molecule has 0 saturated carbocycles. The van der Waals surface area contributed by atoms with Crippen LogP contribution in [0.5, 0.6) is 0 Å². The summed E-state index contributed by atoms with van der Waals surface area (Å²) in [5.41, 5.74) is 3.56. The van der Waals surface area contributed by atoms with Crippen LogP contribution in [0.1, 0.15) is 54.0 Å². The lowest BCUT2D eigenvalue weighted by Crippen LogP contribution is -2.45. The maximum absolute atomic E-state index is 11.8. The van der Waals surface area contributed by atoms with Gasteiger partial charge in [-0.05, 0) is 22.3 Å². The molecule has 25 heavy (non-hydrogen) atoms. The van der Waals surface area contributed by atoms with Crippen LogP contribution in [0.15, 0.2) is 48.5 Å². The van der Waals surface area contributed by atoms with Crippen LogP contribution in [0.4, 0.5) is 0 Å². The van der Waals surface area contributed by atoms with Crippen LogP contribution in [-0.2, 0) is 9.53 Å². The van der Waals surface area contributed by atoms with Crippen LogP contribution in [0.2, 0.25) is 0 Å². The van der Waals surface area contributed by atoms with Crippen molar-refractivity contribution in [2.45, 2.75) is 35.6 Å². The highest BCUT2D eigenvalue weighted by molar-refractivity contribution is 6.68. The van der Waals surface area contributed by atoms with Gasteiger partial charge in [-0.15, -0.1) is 0 Å². The van der Waals surface area contributed by atoms with Crippen LogP contribution in [0, 0.1) is 5.41 Å². The fraction of sp³-hybridized carbons (Fsp3) is 0.350. The summed E-state index contributed by atoms with van der Waals surface area (Å²) in [4.78, 5) is 11.8. The van der Waals surface area contributed by atoms with E-state index >= 15 is 0 Å². The average molecular weight is 396 g/mol. The maximum Gasteiger partial charge on any atom is 0.303 e. The van der Waals surface area contributed by atoms with Gasteiger partial charge < -0.3 is 4.74 Å². The minimum absolute atomic E-state index is 0.0655. The SMILES string of the molecule is CC(=O)O[C@@H]1c2ccccc2[C@@H]2c3ccccc3[C@@H]1[C@@]2(C)C(Cl)(Cl)Cl. The summed E-state index contributed by atoms with van der Waals surface area (Å²) in [5.74, 6) is -0.626. The minimum atomic E-state index is -1.52. The van der Waals surface area contributed by atoms with Crippen molar-refractivity contribution in [3.05, 3.63) is 70.8 Å². The van der Waals surface area contributed by atoms with E-state index in [1.165, 1.54) is 6.92 Å². The maximum atomic E-state index is 11.8. The number of fused-ring (bicyclic) bond motifs is 7. The minimum Gasteiger partial charge on any atom is -0.457 e. The first kappa shape index (κ1) is 17.2. The van der Waals surface area contributed by atoms with Gasteiger partial charge in [-0.2, -0.15) is 0 Å². The zero-order valence-electron chi connectivity index (χ0n) is 13.8. The Hall–Kier alpha value is -1.22. The Labute approximate surface area is 162 Å². The molecule has 0 unspecified atom stereocenters. The van der Waals surface area contributed by atoms with Crippen LogP contribution in [0.25, 0.3) is 0 Å². The highest BCUT2D eigenvalue weighted by atomic mass is 35.6. The predicted molar refractivity (Wildman–Crippen MR) is 100 cm³/mol. The lowest BCUT2D eigenvalue weighted by molar-refractivity contribution is -0.150. The molecule has 130 valence electrons. The number of ether oxygens (including phenoxy) is 1. The van der Waals surface area contributed by atoms with Gasteiger partial charge in [-0.25, -0.2) is 0 Å². The van der Waals surface area contributed by atoms with Crippen LogP contribution in [0.3, 0.4) is 0 Å². The van der Waals surface area contributed by atoms with Gasteiger partial charge in [0.1, 0.15) is 6.10 Å². The summed E-state index contributed by atoms with van der Waals surface area (Å²) >= 11 is 19.6. The quantitative estimate of drug-likeness (QED) is 0.443. The summed E-state index contributed by atoms with van der Waals surface area (Å²) in [5, 5.41) is 0. The van der Waals surface area contributed by atoms with Crippen molar-refractivity contribution in [2.75, 3.05) is 0 Å². The molecule has 0 aliphatic heterocycles. The highest BCUT2D eigenvalue weighted by Crippen LogP contribution is 2.72. The third-order valence-corrected chi connectivity index (χ3v) is 6.93. The van der Waals surface area contributed by atoms with Crippen molar-refractivity contribution >= 4 is 40.8 Å². The third-order valence-electron chi connectivity index (χ3n) is 5.71. The topological polar surface area (TPSA) is 26.3 Å². The summed E-state index contributed by atoms with van der Waals surface area (Å²) in [7, 11) is 0. The van der Waals surface area contributed by atoms with Gasteiger partial charge in [-0.1, -0.05) is 90.3 Å². The van der Waals surface area contributed by atoms with Crippen molar-refractivity contribution in [2.24, 2.45) is 5.41 Å². The Bertz CT molecular complexity index is 858. The number of carbonyl (C=O) groups is 1. The molecular weight excluding hydrogens is 379 g/mol. The molecule has 0 saturated heterocycles. The molecule has 4 atom stereocenters. The fourth-order valence-electron chi connectivity index (χ4n) is 4.71. The van der Waals surface area contributed by atoms with E-state index in [2.05, 4.69) is 12.1 Å². The van der Waals surface area contributed by atoms with E-state index in [9.17, 15) is 4.79 Å². The second kappa shape index (κ2) is 5.64. The van der Waals surface area contributed by atoms with Crippen LogP contribution >= 0.6 is 34.8 Å². The van der Waals surface area contributed by atoms with Crippen LogP contribution in [-0.4, -0.2) is 9.76 Å². The Morgan fingerprint density at radius 3 is 1.96 bits per heavy atom. The van der Waals surface area contributed by atoms with E-state index in [1.807, 2.05) is 43.3 Å². The van der Waals surface area contributed by atoms with Gasteiger partial charge in [0.05, 0.1) is 0 Å². The molecule has 2 bridgehead atoms. The Balaban J connectivity index is 2.07. The molecule has 5 heteroatoms. The second-order valence-electron chi connectivity index (χ2n) is 6.98. The van der Waals surface area contributed by atoms with E-state index in [-0.39, 0.29) is 17.8 Å². The molecule has 0 N–H and O–H groups in total. The molecule has 0 spiro atoms. The zero-order chi connectivity index (χ0) is 18.0. The summed E-state index contributed by atoms with van der Waals surface area (Å²) < 4.78 is 4.26. The largest absolute Gasteiger partial charge is 0.457 e. The van der Waals surface area contributed by atoms with Crippen molar-refractivity contribution in [1.29, 1.82) is 0 Å². The lowest BCUT2D eigenvalue weighted by Gasteiger charge is -2.49. The number of hydrogen-bond acceptors (Lipinski definition) is 2. The molecule has 0 heterocycles. The van der Waals surface area contributed by atoms with Gasteiger partial charge >= 0.3 is 5.97 Å². The van der Waals surface area contributed by atoms with Crippen molar-refractivity contribution in [3.63, 3.8) is 0 Å². The number of halogens is 3. The fourth-order valence-corrected chi connectivity index (χ4v) is 5.39. The molecular formula is C20H17Cl3O2. The molecule has 2 aromatic rings. The molecule has 2 aliphatic rings. The first-order valence-corrected chi connectivity index (χ1v) is 9.31.